The SMILES string of the molecule is O=C(O)C1=CC2=NC(=S)N(CCC3=CCCCC3)C(=O)C2C=C1. The summed E-state index contributed by atoms with van der Waals surface area (Å²) in [5.41, 5.74) is 1.93. The Labute approximate surface area is 140 Å². The fraction of sp³-hybridized carbons (Fsp3) is 0.412. The molecule has 0 saturated carbocycles. The average molecular weight is 330 g/mol. The second kappa shape index (κ2) is 6.58. The van der Waals surface area contributed by atoms with Crippen LogP contribution in [0, 0.1) is 5.92 Å². The zero-order chi connectivity index (χ0) is 16.4. The first-order valence-electron chi connectivity index (χ1n) is 7.81. The maximum atomic E-state index is 12.6. The van der Waals surface area contributed by atoms with Crippen LogP contribution in [0.15, 0.2) is 40.4 Å². The summed E-state index contributed by atoms with van der Waals surface area (Å²) in [6.45, 7) is 0.542. The van der Waals surface area contributed by atoms with Crippen molar-refractivity contribution in [2.45, 2.75) is 32.1 Å². The summed E-state index contributed by atoms with van der Waals surface area (Å²) in [7, 11) is 0. The smallest absolute Gasteiger partial charge is 0.335 e. The molecule has 0 aromatic heterocycles. The number of carboxylic acid groups (broad SMARTS) is 1. The topological polar surface area (TPSA) is 70.0 Å². The number of allylic oxidation sites excluding steroid dienone is 2. The third-order valence-electron chi connectivity index (χ3n) is 4.37. The van der Waals surface area contributed by atoms with E-state index in [0.717, 1.165) is 19.3 Å². The predicted octanol–water partition coefficient (Wildman–Crippen LogP) is 2.64. The van der Waals surface area contributed by atoms with Crippen molar-refractivity contribution in [1.29, 1.82) is 0 Å². The lowest BCUT2D eigenvalue weighted by molar-refractivity contribution is -0.132. The number of rotatable bonds is 4. The lowest BCUT2D eigenvalue weighted by Crippen LogP contribution is -2.46. The molecule has 1 amide bonds. The Bertz CT molecular complexity index is 688. The zero-order valence-corrected chi connectivity index (χ0v) is 13.5. The van der Waals surface area contributed by atoms with Crippen LogP contribution >= 0.6 is 12.2 Å². The van der Waals surface area contributed by atoms with Crippen LogP contribution in [-0.4, -0.2) is 39.3 Å². The van der Waals surface area contributed by atoms with E-state index >= 15 is 0 Å². The quantitative estimate of drug-likeness (QED) is 0.635. The fourth-order valence-corrected chi connectivity index (χ4v) is 3.35. The van der Waals surface area contributed by atoms with E-state index in [-0.39, 0.29) is 16.6 Å². The van der Waals surface area contributed by atoms with E-state index in [9.17, 15) is 9.59 Å². The van der Waals surface area contributed by atoms with E-state index in [1.54, 1.807) is 11.0 Å². The minimum atomic E-state index is -1.03. The van der Waals surface area contributed by atoms with Crippen LogP contribution in [0.5, 0.6) is 0 Å². The molecule has 23 heavy (non-hydrogen) atoms. The van der Waals surface area contributed by atoms with Crippen LogP contribution in [0.25, 0.3) is 0 Å². The molecule has 3 aliphatic rings. The largest absolute Gasteiger partial charge is 0.478 e. The van der Waals surface area contributed by atoms with Gasteiger partial charge in [0.15, 0.2) is 0 Å². The minimum Gasteiger partial charge on any atom is -0.478 e. The molecule has 0 spiro atoms. The van der Waals surface area contributed by atoms with E-state index in [4.69, 9.17) is 17.3 Å². The van der Waals surface area contributed by atoms with Crippen molar-refractivity contribution in [1.82, 2.24) is 4.90 Å². The van der Waals surface area contributed by atoms with Gasteiger partial charge in [0.2, 0.25) is 11.0 Å². The lowest BCUT2D eigenvalue weighted by Gasteiger charge is -2.31. The molecule has 0 radical (unpaired) electrons. The van der Waals surface area contributed by atoms with Gasteiger partial charge in [-0.2, -0.15) is 0 Å². The second-order valence-corrected chi connectivity index (χ2v) is 6.27. The van der Waals surface area contributed by atoms with Crippen molar-refractivity contribution in [2.75, 3.05) is 6.54 Å². The molecule has 1 atom stereocenters. The van der Waals surface area contributed by atoms with Crippen LogP contribution in [0.1, 0.15) is 32.1 Å². The summed E-state index contributed by atoms with van der Waals surface area (Å²) < 4.78 is 0. The van der Waals surface area contributed by atoms with Gasteiger partial charge in [-0.05, 0) is 50.4 Å². The highest BCUT2D eigenvalue weighted by Crippen LogP contribution is 2.25. The van der Waals surface area contributed by atoms with Crippen molar-refractivity contribution >= 4 is 34.9 Å². The Morgan fingerprint density at radius 2 is 2.26 bits per heavy atom. The van der Waals surface area contributed by atoms with E-state index in [0.29, 0.717) is 12.3 Å². The summed E-state index contributed by atoms with van der Waals surface area (Å²) >= 11 is 5.24. The van der Waals surface area contributed by atoms with Crippen LogP contribution in [0.2, 0.25) is 0 Å². The Morgan fingerprint density at radius 3 is 2.96 bits per heavy atom. The first kappa shape index (κ1) is 15.8. The van der Waals surface area contributed by atoms with Crippen LogP contribution in [0.3, 0.4) is 0 Å². The Hall–Kier alpha value is -2.08. The highest BCUT2D eigenvalue weighted by atomic mass is 32.1. The van der Waals surface area contributed by atoms with Crippen molar-refractivity contribution in [3.05, 3.63) is 35.5 Å². The highest BCUT2D eigenvalue weighted by Gasteiger charge is 2.35. The number of amides is 1. The zero-order valence-electron chi connectivity index (χ0n) is 12.7. The molecule has 5 nitrogen and oxygen atoms in total. The molecule has 120 valence electrons. The molecule has 1 unspecified atom stereocenters. The van der Waals surface area contributed by atoms with Crippen LogP contribution in [0.4, 0.5) is 0 Å². The van der Waals surface area contributed by atoms with Gasteiger partial charge >= 0.3 is 5.97 Å². The summed E-state index contributed by atoms with van der Waals surface area (Å²) in [6, 6.07) is 0. The number of carbonyl (C=O) groups excluding carboxylic acids is 1. The second-order valence-electron chi connectivity index (χ2n) is 5.91. The third-order valence-corrected chi connectivity index (χ3v) is 4.68. The third kappa shape index (κ3) is 3.32. The van der Waals surface area contributed by atoms with Gasteiger partial charge in [0, 0.05) is 6.54 Å². The summed E-state index contributed by atoms with van der Waals surface area (Å²) in [6.07, 6.45) is 12.2. The summed E-state index contributed by atoms with van der Waals surface area (Å²) in [5.74, 6) is -1.68. The minimum absolute atomic E-state index is 0.117. The van der Waals surface area contributed by atoms with Crippen LogP contribution in [-0.2, 0) is 9.59 Å². The molecule has 1 N–H and O–H groups in total. The monoisotopic (exact) mass is 330 g/mol. The molecule has 0 fully saturated rings. The Kier molecular flexibility index (Phi) is 4.52. The molecule has 0 saturated heterocycles. The standard InChI is InChI=1S/C17H18N2O3S/c20-15-13-7-6-12(16(21)22)10-14(13)18-17(23)19(15)9-8-11-4-2-1-3-5-11/h4,6-7,10,13H,1-3,5,8-9H2,(H,21,22). The van der Waals surface area contributed by atoms with Gasteiger partial charge in [-0.1, -0.05) is 23.8 Å². The molecule has 1 aliphatic heterocycles. The first-order valence-corrected chi connectivity index (χ1v) is 8.22. The first-order chi connectivity index (χ1) is 11.1. The molecule has 2 aliphatic carbocycles. The maximum Gasteiger partial charge on any atom is 0.335 e. The molecular weight excluding hydrogens is 312 g/mol. The van der Waals surface area contributed by atoms with Gasteiger partial charge in [-0.3, -0.25) is 9.69 Å². The summed E-state index contributed by atoms with van der Waals surface area (Å²) in [4.78, 5) is 29.5. The number of hydrogen-bond acceptors (Lipinski definition) is 3. The average Bonchev–Trinajstić information content (AvgIpc) is 2.55. The molecular formula is C17H18N2O3S. The van der Waals surface area contributed by atoms with Gasteiger partial charge in [-0.15, -0.1) is 0 Å². The normalized spacial score (nSPS) is 23.9. The molecule has 1 heterocycles. The van der Waals surface area contributed by atoms with Gasteiger partial charge in [-0.25, -0.2) is 9.79 Å². The molecule has 6 heteroatoms. The summed E-state index contributed by atoms with van der Waals surface area (Å²) in [5, 5.41) is 9.26. The number of thiocarbonyl (C=S) groups is 1. The Morgan fingerprint density at radius 1 is 1.43 bits per heavy atom. The maximum absolute atomic E-state index is 12.6. The Balaban J connectivity index is 1.74. The number of carboxylic acids is 1. The van der Waals surface area contributed by atoms with Crippen molar-refractivity contribution in [2.24, 2.45) is 10.9 Å². The van der Waals surface area contributed by atoms with E-state index in [2.05, 4.69) is 11.1 Å². The molecule has 0 aromatic carbocycles. The van der Waals surface area contributed by atoms with Gasteiger partial charge in [0.1, 0.15) is 0 Å². The van der Waals surface area contributed by atoms with Crippen molar-refractivity contribution in [3.8, 4) is 0 Å². The number of hydrogen-bond donors (Lipinski definition) is 1. The molecule has 0 aromatic rings. The van der Waals surface area contributed by atoms with Gasteiger partial charge in [0.25, 0.3) is 0 Å². The number of aliphatic carboxylic acids is 1. The van der Waals surface area contributed by atoms with Crippen molar-refractivity contribution in [3.63, 3.8) is 0 Å². The van der Waals surface area contributed by atoms with E-state index < -0.39 is 11.9 Å². The lowest BCUT2D eigenvalue weighted by atomic mass is 9.91. The van der Waals surface area contributed by atoms with Gasteiger partial charge in [0.05, 0.1) is 17.2 Å². The number of aliphatic imine (C=N–C) groups is 1. The number of nitrogens with zero attached hydrogens (tertiary/aromatic N) is 2. The van der Waals surface area contributed by atoms with E-state index in [1.165, 1.54) is 30.6 Å². The van der Waals surface area contributed by atoms with Crippen LogP contribution < -0.4 is 0 Å². The van der Waals surface area contributed by atoms with E-state index in [1.807, 2.05) is 0 Å². The predicted molar refractivity (Wildman–Crippen MR) is 91.3 cm³/mol. The number of carbonyl (C=O) groups is 2. The number of fused-ring (bicyclic) bond motifs is 1. The fourth-order valence-electron chi connectivity index (χ4n) is 3.07. The molecule has 0 bridgehead atoms. The van der Waals surface area contributed by atoms with Gasteiger partial charge < -0.3 is 5.11 Å². The van der Waals surface area contributed by atoms with Crippen molar-refractivity contribution < 1.29 is 14.7 Å². The molecule has 3 rings (SSSR count). The highest BCUT2D eigenvalue weighted by molar-refractivity contribution is 7.80.